The predicted octanol–water partition coefficient (Wildman–Crippen LogP) is 2.31. The number of anilines is 2. The Morgan fingerprint density at radius 3 is 2.78 bits per heavy atom. The summed E-state index contributed by atoms with van der Waals surface area (Å²) in [5.41, 5.74) is 2.16. The lowest BCUT2D eigenvalue weighted by Crippen LogP contribution is -2.43. The molecule has 7 heteroatoms. The first-order valence-corrected chi connectivity index (χ1v) is 8.46. The van der Waals surface area contributed by atoms with Crippen molar-refractivity contribution < 1.29 is 14.4 Å². The van der Waals surface area contributed by atoms with E-state index >= 15 is 0 Å². The molecule has 3 amide bonds. The number of carbonyl (C=O) groups excluding carboxylic acids is 3. The summed E-state index contributed by atoms with van der Waals surface area (Å²) in [6.07, 6.45) is 1.50. The molecule has 0 bridgehead atoms. The van der Waals surface area contributed by atoms with Crippen LogP contribution in [0.2, 0.25) is 0 Å². The summed E-state index contributed by atoms with van der Waals surface area (Å²) in [6, 6.07) is 14.8. The van der Waals surface area contributed by atoms with Gasteiger partial charge >= 0.3 is 0 Å². The minimum atomic E-state index is -0.960. The maximum absolute atomic E-state index is 12.5. The van der Waals surface area contributed by atoms with Crippen LogP contribution in [0.25, 0.3) is 10.9 Å². The smallest absolute Gasteiger partial charge is 0.254 e. The lowest BCUT2D eigenvalue weighted by Gasteiger charge is -2.15. The fraction of sp³-hybridized carbons (Fsp3) is 0.100. The number of amides is 3. The van der Waals surface area contributed by atoms with Crippen LogP contribution in [-0.4, -0.2) is 28.7 Å². The number of hydrogen-bond donors (Lipinski definition) is 3. The fourth-order valence-electron chi connectivity index (χ4n) is 3.05. The van der Waals surface area contributed by atoms with Crippen molar-refractivity contribution in [2.24, 2.45) is 0 Å². The summed E-state index contributed by atoms with van der Waals surface area (Å²) in [5.74, 6) is -1.20. The molecule has 0 spiro atoms. The van der Waals surface area contributed by atoms with E-state index < -0.39 is 17.9 Å². The van der Waals surface area contributed by atoms with E-state index in [1.165, 1.54) is 0 Å². The topological polar surface area (TPSA) is 100 Å². The van der Waals surface area contributed by atoms with Crippen molar-refractivity contribution in [2.75, 3.05) is 10.6 Å². The molecule has 0 aliphatic carbocycles. The number of fused-ring (bicyclic) bond motifs is 2. The quantitative estimate of drug-likeness (QED) is 0.667. The molecule has 1 aliphatic heterocycles. The minimum Gasteiger partial charge on any atom is -0.340 e. The molecule has 3 N–H and O–H groups in total. The molecule has 1 atom stereocenters. The highest BCUT2D eigenvalue weighted by atomic mass is 16.2. The molecular weight excluding hydrogens is 344 g/mol. The van der Waals surface area contributed by atoms with Gasteiger partial charge in [0.2, 0.25) is 11.8 Å². The number of benzene rings is 2. The third-order valence-electron chi connectivity index (χ3n) is 4.36. The number of nitrogens with one attached hydrogen (secondary N) is 3. The first-order chi connectivity index (χ1) is 13.1. The molecule has 2 heterocycles. The molecule has 3 aromatic rings. The molecular formula is C20H16N4O3. The molecule has 0 saturated heterocycles. The Morgan fingerprint density at radius 1 is 1.04 bits per heavy atom. The van der Waals surface area contributed by atoms with E-state index in [9.17, 15) is 14.4 Å². The summed E-state index contributed by atoms with van der Waals surface area (Å²) in [6.45, 7) is 0. The van der Waals surface area contributed by atoms with Gasteiger partial charge in [-0.2, -0.15) is 0 Å². The molecule has 1 aliphatic rings. The van der Waals surface area contributed by atoms with Crippen LogP contribution in [0.1, 0.15) is 16.8 Å². The number of aromatic nitrogens is 1. The van der Waals surface area contributed by atoms with Gasteiger partial charge in [0.25, 0.3) is 5.91 Å². The summed E-state index contributed by atoms with van der Waals surface area (Å²) < 4.78 is 0. The van der Waals surface area contributed by atoms with E-state index in [-0.39, 0.29) is 12.3 Å². The number of carbonyl (C=O) groups is 3. The second-order valence-electron chi connectivity index (χ2n) is 6.19. The number of hydrogen-bond acceptors (Lipinski definition) is 4. The maximum Gasteiger partial charge on any atom is 0.254 e. The number of para-hydroxylation sites is 1. The molecule has 0 fully saturated rings. The molecule has 0 radical (unpaired) electrons. The first-order valence-electron chi connectivity index (χ1n) is 8.46. The van der Waals surface area contributed by atoms with Gasteiger partial charge in [-0.25, -0.2) is 0 Å². The van der Waals surface area contributed by atoms with Crippen molar-refractivity contribution in [1.29, 1.82) is 0 Å². The predicted molar refractivity (Wildman–Crippen MR) is 101 cm³/mol. The van der Waals surface area contributed by atoms with Crippen LogP contribution in [0.3, 0.4) is 0 Å². The Labute approximate surface area is 154 Å². The molecule has 1 aromatic heterocycles. The number of nitrogens with zero attached hydrogens (tertiary/aromatic N) is 1. The average Bonchev–Trinajstić information content (AvgIpc) is 2.79. The lowest BCUT2D eigenvalue weighted by atomic mass is 10.1. The Morgan fingerprint density at radius 2 is 1.89 bits per heavy atom. The zero-order chi connectivity index (χ0) is 18.8. The van der Waals surface area contributed by atoms with E-state index in [0.717, 1.165) is 10.9 Å². The van der Waals surface area contributed by atoms with Gasteiger partial charge in [0.15, 0.2) is 0 Å². The third kappa shape index (κ3) is 3.35. The molecule has 7 nitrogen and oxygen atoms in total. The number of pyridine rings is 1. The average molecular weight is 360 g/mol. The summed E-state index contributed by atoms with van der Waals surface area (Å²) >= 11 is 0. The molecule has 4 rings (SSSR count). The van der Waals surface area contributed by atoms with E-state index in [4.69, 9.17) is 0 Å². The van der Waals surface area contributed by atoms with Gasteiger partial charge < -0.3 is 16.0 Å². The highest BCUT2D eigenvalue weighted by Gasteiger charge is 2.29. The molecule has 134 valence electrons. The molecule has 27 heavy (non-hydrogen) atoms. The fourth-order valence-corrected chi connectivity index (χ4v) is 3.05. The standard InChI is InChI=1S/C20H16N4O3/c25-18(22-15-9-3-8-14-12(15)6-4-10-21-14)11-17-20(27)23-16-7-2-1-5-13(16)19(26)24-17/h1-10,17H,11H2,(H,22,25)(H,23,27)(H,24,26). The van der Waals surface area contributed by atoms with Gasteiger partial charge in [-0.1, -0.05) is 18.2 Å². The monoisotopic (exact) mass is 360 g/mol. The van der Waals surface area contributed by atoms with E-state index in [1.54, 1.807) is 48.7 Å². The van der Waals surface area contributed by atoms with Crippen LogP contribution in [-0.2, 0) is 9.59 Å². The second kappa shape index (κ2) is 6.87. The highest BCUT2D eigenvalue weighted by Crippen LogP contribution is 2.22. The van der Waals surface area contributed by atoms with Gasteiger partial charge in [-0.15, -0.1) is 0 Å². The van der Waals surface area contributed by atoms with Crippen LogP contribution in [0.5, 0.6) is 0 Å². The summed E-state index contributed by atoms with van der Waals surface area (Å²) in [7, 11) is 0. The SMILES string of the molecule is O=C(CC1NC(=O)c2ccccc2NC1=O)Nc1cccc2ncccc12. The Balaban J connectivity index is 1.51. The van der Waals surface area contributed by atoms with Crippen molar-refractivity contribution in [3.05, 3.63) is 66.4 Å². The molecule has 0 saturated carbocycles. The minimum absolute atomic E-state index is 0.178. The normalized spacial score (nSPS) is 16.1. The van der Waals surface area contributed by atoms with Gasteiger partial charge in [0.05, 0.1) is 28.9 Å². The molecule has 1 unspecified atom stereocenters. The van der Waals surface area contributed by atoms with E-state index in [2.05, 4.69) is 20.9 Å². The van der Waals surface area contributed by atoms with E-state index in [0.29, 0.717) is 16.9 Å². The zero-order valence-electron chi connectivity index (χ0n) is 14.2. The van der Waals surface area contributed by atoms with Crippen LogP contribution in [0.4, 0.5) is 11.4 Å². The van der Waals surface area contributed by atoms with Crippen molar-refractivity contribution in [3.8, 4) is 0 Å². The Kier molecular flexibility index (Phi) is 4.25. The van der Waals surface area contributed by atoms with Crippen LogP contribution >= 0.6 is 0 Å². The van der Waals surface area contributed by atoms with Gasteiger partial charge in [-0.3, -0.25) is 19.4 Å². The largest absolute Gasteiger partial charge is 0.340 e. The zero-order valence-corrected chi connectivity index (χ0v) is 14.2. The van der Waals surface area contributed by atoms with Crippen LogP contribution < -0.4 is 16.0 Å². The van der Waals surface area contributed by atoms with Crippen molar-refractivity contribution in [2.45, 2.75) is 12.5 Å². The maximum atomic E-state index is 12.5. The Hall–Kier alpha value is -3.74. The van der Waals surface area contributed by atoms with Gasteiger partial charge in [0.1, 0.15) is 6.04 Å². The van der Waals surface area contributed by atoms with Crippen molar-refractivity contribution in [1.82, 2.24) is 10.3 Å². The van der Waals surface area contributed by atoms with E-state index in [1.807, 2.05) is 12.1 Å². The van der Waals surface area contributed by atoms with Gasteiger partial charge in [0, 0.05) is 11.6 Å². The highest BCUT2D eigenvalue weighted by molar-refractivity contribution is 6.11. The Bertz CT molecular complexity index is 1060. The summed E-state index contributed by atoms with van der Waals surface area (Å²) in [4.78, 5) is 41.5. The second-order valence-corrected chi connectivity index (χ2v) is 6.19. The van der Waals surface area contributed by atoms with Crippen LogP contribution in [0.15, 0.2) is 60.8 Å². The van der Waals surface area contributed by atoms with Crippen molar-refractivity contribution >= 4 is 40.0 Å². The summed E-state index contributed by atoms with van der Waals surface area (Å²) in [5, 5.41) is 8.90. The van der Waals surface area contributed by atoms with Crippen molar-refractivity contribution in [3.63, 3.8) is 0 Å². The molecule has 2 aromatic carbocycles. The van der Waals surface area contributed by atoms with Crippen LogP contribution in [0, 0.1) is 0 Å². The number of rotatable bonds is 3. The third-order valence-corrected chi connectivity index (χ3v) is 4.36. The first kappa shape index (κ1) is 16.7. The van der Waals surface area contributed by atoms with Gasteiger partial charge in [-0.05, 0) is 36.4 Å². The lowest BCUT2D eigenvalue weighted by molar-refractivity contribution is -0.122.